The molecule has 9 nitrogen and oxygen atoms in total. The Morgan fingerprint density at radius 2 is 1.97 bits per heavy atom. The van der Waals surface area contributed by atoms with Crippen molar-refractivity contribution < 1.29 is 33.7 Å². The van der Waals surface area contributed by atoms with E-state index in [0.717, 1.165) is 0 Å². The Hall–Kier alpha value is -3.17. The van der Waals surface area contributed by atoms with Crippen molar-refractivity contribution in [2.24, 2.45) is 11.8 Å². The number of nitrogens with zero attached hydrogens (tertiary/aromatic N) is 2. The minimum atomic E-state index is -1.10. The smallest absolute Gasteiger partial charge is 0.312 e. The second-order valence-electron chi connectivity index (χ2n) is 9.73. The summed E-state index contributed by atoms with van der Waals surface area (Å²) in [4.78, 5) is 44.4. The van der Waals surface area contributed by atoms with E-state index in [-0.39, 0.29) is 31.6 Å². The van der Waals surface area contributed by atoms with Crippen LogP contribution < -0.4 is 9.64 Å². The maximum Gasteiger partial charge on any atom is 0.312 e. The number of aliphatic hydroxyl groups is 1. The summed E-state index contributed by atoms with van der Waals surface area (Å²) in [6.07, 6.45) is 5.68. The number of esters is 1. The number of methoxy groups -OCH3 is 1. The van der Waals surface area contributed by atoms with Crippen LogP contribution in [0.2, 0.25) is 0 Å². The fourth-order valence-corrected chi connectivity index (χ4v) is 6.11. The molecule has 2 bridgehead atoms. The Balaban J connectivity index is 1.70. The number of amides is 2. The quantitative estimate of drug-likeness (QED) is 0.246. The van der Waals surface area contributed by atoms with E-state index < -0.39 is 35.6 Å². The molecule has 3 aliphatic heterocycles. The Bertz CT molecular complexity index is 1030. The van der Waals surface area contributed by atoms with Crippen molar-refractivity contribution in [3.05, 3.63) is 49.6 Å². The van der Waals surface area contributed by atoms with Gasteiger partial charge in [-0.1, -0.05) is 18.7 Å². The lowest BCUT2D eigenvalue weighted by atomic mass is 9.70. The van der Waals surface area contributed by atoms with Gasteiger partial charge in [-0.15, -0.1) is 6.58 Å². The highest BCUT2D eigenvalue weighted by Crippen LogP contribution is 2.59. The molecular weight excluding hydrogens is 476 g/mol. The topological polar surface area (TPSA) is 106 Å². The molecule has 1 spiro atoms. The molecule has 2 amide bonds. The number of ether oxygens (including phenoxy) is 3. The molecular formula is C28H36N2O7. The van der Waals surface area contributed by atoms with Crippen molar-refractivity contribution in [2.45, 2.75) is 49.9 Å². The van der Waals surface area contributed by atoms with Gasteiger partial charge < -0.3 is 29.1 Å². The predicted molar refractivity (Wildman–Crippen MR) is 137 cm³/mol. The largest absolute Gasteiger partial charge is 0.497 e. The highest BCUT2D eigenvalue weighted by molar-refractivity contribution is 6.04. The van der Waals surface area contributed by atoms with Crippen LogP contribution in [0.1, 0.15) is 32.1 Å². The summed E-state index contributed by atoms with van der Waals surface area (Å²) in [5, 5.41) is 9.19. The summed E-state index contributed by atoms with van der Waals surface area (Å²) in [5.74, 6) is -1.89. The molecule has 0 radical (unpaired) electrons. The molecule has 1 aromatic carbocycles. The van der Waals surface area contributed by atoms with Gasteiger partial charge in [-0.2, -0.15) is 0 Å². The van der Waals surface area contributed by atoms with Gasteiger partial charge in [-0.25, -0.2) is 0 Å². The van der Waals surface area contributed by atoms with Crippen molar-refractivity contribution in [3.8, 4) is 5.75 Å². The number of likely N-dealkylation sites (tertiary alicyclic amines) is 1. The number of unbranched alkanes of at least 4 members (excludes halogenated alkanes) is 2. The molecule has 3 fully saturated rings. The third-order valence-electron chi connectivity index (χ3n) is 7.67. The van der Waals surface area contributed by atoms with E-state index in [4.69, 9.17) is 14.2 Å². The first-order valence-corrected chi connectivity index (χ1v) is 12.9. The minimum Gasteiger partial charge on any atom is -0.497 e. The van der Waals surface area contributed by atoms with Crippen LogP contribution in [0.4, 0.5) is 5.69 Å². The van der Waals surface area contributed by atoms with Crippen molar-refractivity contribution in [1.29, 1.82) is 0 Å². The molecule has 3 aliphatic rings. The number of aliphatic hydroxyl groups excluding tert-OH is 1. The van der Waals surface area contributed by atoms with E-state index in [9.17, 15) is 19.5 Å². The zero-order valence-corrected chi connectivity index (χ0v) is 21.3. The van der Waals surface area contributed by atoms with Gasteiger partial charge in [0.25, 0.3) is 5.91 Å². The average Bonchev–Trinajstić information content (AvgIpc) is 3.55. The first-order valence-electron chi connectivity index (χ1n) is 12.9. The molecule has 0 aromatic heterocycles. The second-order valence-corrected chi connectivity index (χ2v) is 9.73. The summed E-state index contributed by atoms with van der Waals surface area (Å²) in [7, 11) is 1.57. The molecule has 37 heavy (non-hydrogen) atoms. The molecule has 0 aliphatic carbocycles. The van der Waals surface area contributed by atoms with Gasteiger partial charge >= 0.3 is 5.97 Å². The van der Waals surface area contributed by atoms with Gasteiger partial charge in [0.05, 0.1) is 25.0 Å². The minimum absolute atomic E-state index is 0.0494. The van der Waals surface area contributed by atoms with Crippen LogP contribution in [0.3, 0.4) is 0 Å². The van der Waals surface area contributed by atoms with Gasteiger partial charge in [0, 0.05) is 25.4 Å². The first kappa shape index (κ1) is 26.9. The molecule has 3 saturated heterocycles. The molecule has 4 rings (SSSR count). The molecule has 5 atom stereocenters. The number of carbonyl (C=O) groups excluding carboxylic acids is 3. The number of fused-ring (bicyclic) bond motifs is 1. The monoisotopic (exact) mass is 512 g/mol. The molecule has 1 aromatic rings. The van der Waals surface area contributed by atoms with Crippen molar-refractivity contribution >= 4 is 23.5 Å². The predicted octanol–water partition coefficient (Wildman–Crippen LogP) is 2.48. The van der Waals surface area contributed by atoms with Crippen molar-refractivity contribution in [2.75, 3.05) is 38.3 Å². The van der Waals surface area contributed by atoms with E-state index in [1.54, 1.807) is 47.3 Å². The lowest BCUT2D eigenvalue weighted by Crippen LogP contribution is -2.56. The molecule has 0 saturated carbocycles. The Morgan fingerprint density at radius 1 is 1.22 bits per heavy atom. The zero-order chi connectivity index (χ0) is 26.6. The molecule has 3 heterocycles. The lowest BCUT2D eigenvalue weighted by Gasteiger charge is -2.36. The SMILES string of the molecule is C=CCOC(=O)[C@@H]1[C@@H]2CCC3(O2)C(C(=O)N(CC=C)c2ccc(OC)cc2)N(CCCCCO)C(=O)[C@H]13. The van der Waals surface area contributed by atoms with Crippen LogP contribution in [-0.4, -0.2) is 79.0 Å². The molecule has 9 heteroatoms. The number of hydrogen-bond donors (Lipinski definition) is 1. The number of anilines is 1. The number of hydrogen-bond acceptors (Lipinski definition) is 7. The second kappa shape index (κ2) is 11.5. The standard InChI is InChI=1S/C28H36N2O7/c1-4-15-29(19-9-11-20(35-3)12-10-19)26(33)24-28-14-13-21(37-28)22(27(34)36-18-5-2)23(28)25(32)30(24)16-7-6-8-17-31/h4-5,9-12,21-24,31H,1-2,6-8,13-18H2,3H3/t21-,22+,23-,24?,28?/m0/s1. The normalized spacial score (nSPS) is 27.6. The van der Waals surface area contributed by atoms with Crippen LogP contribution in [-0.2, 0) is 23.9 Å². The number of carbonyl (C=O) groups is 3. The van der Waals surface area contributed by atoms with E-state index >= 15 is 0 Å². The maximum absolute atomic E-state index is 14.3. The van der Waals surface area contributed by atoms with Crippen LogP contribution in [0.5, 0.6) is 5.75 Å². The lowest BCUT2D eigenvalue weighted by molar-refractivity contribution is -0.154. The van der Waals surface area contributed by atoms with Crippen LogP contribution in [0, 0.1) is 11.8 Å². The van der Waals surface area contributed by atoms with E-state index in [1.807, 2.05) is 0 Å². The van der Waals surface area contributed by atoms with Crippen molar-refractivity contribution in [1.82, 2.24) is 4.90 Å². The maximum atomic E-state index is 14.3. The van der Waals surface area contributed by atoms with Gasteiger partial charge in [0.1, 0.15) is 24.0 Å². The summed E-state index contributed by atoms with van der Waals surface area (Å²) in [6.45, 7) is 8.11. The molecule has 2 unspecified atom stereocenters. The van der Waals surface area contributed by atoms with E-state index in [1.165, 1.54) is 6.08 Å². The average molecular weight is 513 g/mol. The van der Waals surface area contributed by atoms with Gasteiger partial charge in [-0.05, 0) is 56.4 Å². The van der Waals surface area contributed by atoms with Crippen LogP contribution in [0.15, 0.2) is 49.6 Å². The Kier molecular flexibility index (Phi) is 8.34. The molecule has 1 N–H and O–H groups in total. The highest BCUT2D eigenvalue weighted by Gasteiger charge is 2.75. The summed E-state index contributed by atoms with van der Waals surface area (Å²) >= 11 is 0. The number of benzene rings is 1. The van der Waals surface area contributed by atoms with E-state index in [0.29, 0.717) is 50.1 Å². The first-order chi connectivity index (χ1) is 17.9. The third kappa shape index (κ3) is 4.78. The molecule has 200 valence electrons. The van der Waals surface area contributed by atoms with E-state index in [2.05, 4.69) is 13.2 Å². The summed E-state index contributed by atoms with van der Waals surface area (Å²) < 4.78 is 17.0. The third-order valence-corrected chi connectivity index (χ3v) is 7.67. The van der Waals surface area contributed by atoms with Crippen molar-refractivity contribution in [3.63, 3.8) is 0 Å². The Morgan fingerprint density at radius 3 is 2.62 bits per heavy atom. The summed E-state index contributed by atoms with van der Waals surface area (Å²) in [5.41, 5.74) is -0.452. The summed E-state index contributed by atoms with van der Waals surface area (Å²) in [6, 6.07) is 6.24. The zero-order valence-electron chi connectivity index (χ0n) is 21.3. The van der Waals surface area contributed by atoms with Gasteiger partial charge in [0.2, 0.25) is 5.91 Å². The van der Waals surface area contributed by atoms with Crippen LogP contribution >= 0.6 is 0 Å². The van der Waals surface area contributed by atoms with Gasteiger partial charge in [0.15, 0.2) is 0 Å². The van der Waals surface area contributed by atoms with Crippen LogP contribution in [0.25, 0.3) is 0 Å². The number of rotatable bonds is 13. The highest BCUT2D eigenvalue weighted by atomic mass is 16.6. The van der Waals surface area contributed by atoms with Gasteiger partial charge in [-0.3, -0.25) is 14.4 Å². The fourth-order valence-electron chi connectivity index (χ4n) is 6.11. The Labute approximate surface area is 217 Å². The fraction of sp³-hybridized carbons (Fsp3) is 0.536.